The van der Waals surface area contributed by atoms with E-state index in [0.717, 1.165) is 19.3 Å². The van der Waals surface area contributed by atoms with Crippen molar-refractivity contribution in [2.24, 2.45) is 0 Å². The number of aliphatic hydroxyl groups is 2. The van der Waals surface area contributed by atoms with Crippen LogP contribution in [0.25, 0.3) is 0 Å². The van der Waals surface area contributed by atoms with Crippen molar-refractivity contribution in [1.29, 1.82) is 0 Å². The second-order valence-electron chi connectivity index (χ2n) is 6.96. The Morgan fingerprint density at radius 2 is 1.21 bits per heavy atom. The molecule has 0 saturated heterocycles. The lowest BCUT2D eigenvalue weighted by molar-refractivity contribution is 0.282. The third-order valence-electron chi connectivity index (χ3n) is 4.04. The van der Waals surface area contributed by atoms with Crippen molar-refractivity contribution in [2.45, 2.75) is 105 Å². The van der Waals surface area contributed by atoms with Crippen LogP contribution in [0.15, 0.2) is 23.3 Å². The second kappa shape index (κ2) is 22.4. The Hall–Kier alpha value is -0.600. The molecule has 0 amide bonds. The van der Waals surface area contributed by atoms with Crippen LogP contribution in [0.4, 0.5) is 0 Å². The van der Waals surface area contributed by atoms with E-state index in [1.165, 1.54) is 68.9 Å². The van der Waals surface area contributed by atoms with Crippen LogP contribution >= 0.6 is 0 Å². The molecule has 0 aliphatic rings. The number of rotatable bonds is 14. The van der Waals surface area contributed by atoms with Crippen molar-refractivity contribution in [3.63, 3.8) is 0 Å². The molecule has 0 bridgehead atoms. The molecule has 0 spiro atoms. The van der Waals surface area contributed by atoms with Gasteiger partial charge in [-0.1, -0.05) is 88.0 Å². The monoisotopic (exact) mass is 340 g/mol. The van der Waals surface area contributed by atoms with Crippen molar-refractivity contribution in [3.05, 3.63) is 23.3 Å². The molecule has 0 aliphatic carbocycles. The fourth-order valence-corrected chi connectivity index (χ4v) is 2.45. The number of aliphatic hydroxyl groups excluding tert-OH is 2. The van der Waals surface area contributed by atoms with Crippen LogP contribution in [-0.4, -0.2) is 23.4 Å². The topological polar surface area (TPSA) is 40.5 Å². The molecule has 0 aromatic rings. The lowest BCUT2D eigenvalue weighted by atomic mass is 10.1. The fraction of sp³-hybridized carbons (Fsp3) is 0.818. The van der Waals surface area contributed by atoms with Gasteiger partial charge in [0.05, 0.1) is 6.61 Å². The molecule has 0 radical (unpaired) electrons. The highest BCUT2D eigenvalue weighted by atomic mass is 16.3. The average Bonchev–Trinajstić information content (AvgIpc) is 2.54. The van der Waals surface area contributed by atoms with Gasteiger partial charge in [-0.2, -0.15) is 0 Å². The van der Waals surface area contributed by atoms with Gasteiger partial charge in [0.25, 0.3) is 0 Å². The first-order valence-electron chi connectivity index (χ1n) is 10.1. The minimum Gasteiger partial charge on any atom is -0.396 e. The van der Waals surface area contributed by atoms with Gasteiger partial charge in [0.15, 0.2) is 0 Å². The van der Waals surface area contributed by atoms with E-state index in [1.54, 1.807) is 0 Å². The summed E-state index contributed by atoms with van der Waals surface area (Å²) in [5.41, 5.74) is 2.63. The first-order valence-corrected chi connectivity index (χ1v) is 10.1. The molecule has 2 heteroatoms. The highest BCUT2D eigenvalue weighted by Crippen LogP contribution is 2.10. The molecule has 0 heterocycles. The number of allylic oxidation sites excluding steroid dienone is 3. The third-order valence-corrected chi connectivity index (χ3v) is 4.04. The fourth-order valence-electron chi connectivity index (χ4n) is 2.45. The molecule has 0 atom stereocenters. The van der Waals surface area contributed by atoms with E-state index >= 15 is 0 Å². The minimum absolute atomic E-state index is 0.167. The molecule has 0 fully saturated rings. The maximum absolute atomic E-state index is 8.57. The van der Waals surface area contributed by atoms with E-state index < -0.39 is 0 Å². The molecular formula is C22H44O2. The van der Waals surface area contributed by atoms with E-state index in [0.29, 0.717) is 6.61 Å². The Morgan fingerprint density at radius 3 is 1.62 bits per heavy atom. The molecule has 2 nitrogen and oxygen atoms in total. The zero-order chi connectivity index (χ0) is 18.5. The lowest BCUT2D eigenvalue weighted by Gasteiger charge is -2.00. The summed E-state index contributed by atoms with van der Waals surface area (Å²) in [6.45, 7) is 9.05. The molecular weight excluding hydrogens is 296 g/mol. The Bertz CT molecular complexity index is 278. The van der Waals surface area contributed by atoms with Gasteiger partial charge in [0.2, 0.25) is 0 Å². The van der Waals surface area contributed by atoms with Crippen molar-refractivity contribution < 1.29 is 10.2 Å². The Labute approximate surface area is 152 Å². The summed E-state index contributed by atoms with van der Waals surface area (Å²) in [4.78, 5) is 0. The smallest absolute Gasteiger partial charge is 0.0614 e. The molecule has 144 valence electrons. The molecule has 0 unspecified atom stereocenters. The predicted octanol–water partition coefficient (Wildman–Crippen LogP) is 6.57. The summed E-state index contributed by atoms with van der Waals surface area (Å²) in [7, 11) is 0. The Morgan fingerprint density at radius 1 is 0.708 bits per heavy atom. The van der Waals surface area contributed by atoms with E-state index in [4.69, 9.17) is 10.2 Å². The summed E-state index contributed by atoms with van der Waals surface area (Å²) < 4.78 is 0. The van der Waals surface area contributed by atoms with Crippen LogP contribution in [0, 0.1) is 0 Å². The molecule has 2 N–H and O–H groups in total. The quantitative estimate of drug-likeness (QED) is 0.277. The van der Waals surface area contributed by atoms with Gasteiger partial charge in [-0.3, -0.25) is 0 Å². The molecule has 0 aromatic carbocycles. The van der Waals surface area contributed by atoms with Crippen LogP contribution in [0.3, 0.4) is 0 Å². The number of hydrogen-bond donors (Lipinski definition) is 2. The predicted molar refractivity (Wildman–Crippen MR) is 108 cm³/mol. The third kappa shape index (κ3) is 26.3. The van der Waals surface area contributed by atoms with Gasteiger partial charge >= 0.3 is 0 Å². The second-order valence-corrected chi connectivity index (χ2v) is 6.96. The summed E-state index contributed by atoms with van der Waals surface area (Å²) in [6, 6.07) is 0. The van der Waals surface area contributed by atoms with E-state index in [2.05, 4.69) is 33.8 Å². The summed E-state index contributed by atoms with van der Waals surface area (Å²) in [6.07, 6.45) is 19.5. The van der Waals surface area contributed by atoms with Gasteiger partial charge in [-0.15, -0.1) is 0 Å². The van der Waals surface area contributed by atoms with E-state index in [-0.39, 0.29) is 6.61 Å². The summed E-state index contributed by atoms with van der Waals surface area (Å²) >= 11 is 0. The number of unbranched alkanes of at least 4 members (excludes halogenated alkanes) is 9. The lowest BCUT2D eigenvalue weighted by Crippen LogP contribution is -1.84. The summed E-state index contributed by atoms with van der Waals surface area (Å²) in [5, 5.41) is 17.1. The summed E-state index contributed by atoms with van der Waals surface area (Å²) in [5.74, 6) is 0. The zero-order valence-corrected chi connectivity index (χ0v) is 16.9. The van der Waals surface area contributed by atoms with Gasteiger partial charge in [0, 0.05) is 6.61 Å². The molecule has 0 aromatic heterocycles. The highest BCUT2D eigenvalue weighted by Gasteiger charge is 1.91. The highest BCUT2D eigenvalue weighted by molar-refractivity contribution is 5.01. The van der Waals surface area contributed by atoms with Crippen LogP contribution < -0.4 is 0 Å². The van der Waals surface area contributed by atoms with Gasteiger partial charge < -0.3 is 10.2 Å². The minimum atomic E-state index is 0.167. The zero-order valence-electron chi connectivity index (χ0n) is 16.9. The number of hydrogen-bond acceptors (Lipinski definition) is 2. The van der Waals surface area contributed by atoms with Crippen LogP contribution in [0.1, 0.15) is 105 Å². The van der Waals surface area contributed by atoms with Gasteiger partial charge in [0.1, 0.15) is 0 Å². The maximum atomic E-state index is 8.57. The first-order chi connectivity index (χ1) is 11.6. The van der Waals surface area contributed by atoms with Crippen molar-refractivity contribution in [3.8, 4) is 0 Å². The SMILES string of the molecule is CC(C)=CCC/C(C)=C\CO.CCCCCCCCCCCCO. The molecule has 0 rings (SSSR count). The Kier molecular flexibility index (Phi) is 23.9. The standard InChI is InChI=1S/C12H26O.C10H18O/c1-2-3-4-5-6-7-8-9-10-11-12-13;1-9(2)5-4-6-10(3)7-8-11/h13H,2-12H2,1H3;5,7,11H,4,6,8H2,1-3H3/b;10-7-. The van der Waals surface area contributed by atoms with E-state index in [1.807, 2.05) is 6.08 Å². The molecule has 24 heavy (non-hydrogen) atoms. The molecule has 0 saturated carbocycles. The average molecular weight is 341 g/mol. The molecule has 0 aliphatic heterocycles. The van der Waals surface area contributed by atoms with Gasteiger partial charge in [-0.25, -0.2) is 0 Å². The van der Waals surface area contributed by atoms with Crippen LogP contribution in [-0.2, 0) is 0 Å². The van der Waals surface area contributed by atoms with Gasteiger partial charge in [-0.05, 0) is 40.0 Å². The largest absolute Gasteiger partial charge is 0.396 e. The van der Waals surface area contributed by atoms with Crippen molar-refractivity contribution in [2.75, 3.05) is 13.2 Å². The van der Waals surface area contributed by atoms with E-state index in [9.17, 15) is 0 Å². The normalized spacial score (nSPS) is 11.0. The van der Waals surface area contributed by atoms with Crippen LogP contribution in [0.2, 0.25) is 0 Å². The van der Waals surface area contributed by atoms with Crippen LogP contribution in [0.5, 0.6) is 0 Å². The van der Waals surface area contributed by atoms with Crippen molar-refractivity contribution in [1.82, 2.24) is 0 Å². The Balaban J connectivity index is 0. The first kappa shape index (κ1) is 25.6. The maximum Gasteiger partial charge on any atom is 0.0614 e. The van der Waals surface area contributed by atoms with Crippen molar-refractivity contribution >= 4 is 0 Å².